The van der Waals surface area contributed by atoms with Crippen LogP contribution >= 0.6 is 0 Å². The molecule has 4 rings (SSSR count). The molecule has 1 spiro atoms. The van der Waals surface area contributed by atoms with Gasteiger partial charge in [0, 0.05) is 24.3 Å². The number of amides is 2. The zero-order chi connectivity index (χ0) is 17.3. The fraction of sp³-hybridized carbons (Fsp3) is 0.600. The van der Waals surface area contributed by atoms with Crippen LogP contribution < -0.4 is 4.90 Å². The molecule has 1 aliphatic carbocycles. The third-order valence-corrected chi connectivity index (χ3v) is 6.19. The number of carbonyl (C=O) groups excluding carboxylic acids is 2. The third kappa shape index (κ3) is 3.24. The lowest BCUT2D eigenvalue weighted by molar-refractivity contribution is 0.0472. The average Bonchev–Trinajstić information content (AvgIpc) is 3.09. The highest BCUT2D eigenvalue weighted by atomic mass is 16.6. The quantitative estimate of drug-likeness (QED) is 0.821. The van der Waals surface area contributed by atoms with Gasteiger partial charge < -0.3 is 9.64 Å². The highest BCUT2D eigenvalue weighted by Gasteiger charge is 2.36. The lowest BCUT2D eigenvalue weighted by Crippen LogP contribution is -2.43. The summed E-state index contributed by atoms with van der Waals surface area (Å²) in [4.78, 5) is 28.2. The van der Waals surface area contributed by atoms with E-state index in [-0.39, 0.29) is 12.0 Å². The molecule has 0 radical (unpaired) electrons. The Morgan fingerprint density at radius 3 is 2.44 bits per heavy atom. The minimum absolute atomic E-state index is 0.0834. The van der Waals surface area contributed by atoms with Crippen LogP contribution in [-0.2, 0) is 4.74 Å². The molecule has 1 saturated carbocycles. The second kappa shape index (κ2) is 6.70. The predicted octanol–water partition coefficient (Wildman–Crippen LogP) is 3.83. The van der Waals surface area contributed by atoms with Crippen molar-refractivity contribution in [2.75, 3.05) is 31.1 Å². The van der Waals surface area contributed by atoms with Gasteiger partial charge in [0.25, 0.3) is 5.91 Å². The Kier molecular flexibility index (Phi) is 4.40. The first-order chi connectivity index (χ1) is 12.2. The van der Waals surface area contributed by atoms with Gasteiger partial charge in [-0.2, -0.15) is 0 Å². The van der Waals surface area contributed by atoms with Crippen molar-refractivity contribution < 1.29 is 14.3 Å². The van der Waals surface area contributed by atoms with Crippen LogP contribution in [0.15, 0.2) is 24.3 Å². The zero-order valence-corrected chi connectivity index (χ0v) is 14.7. The van der Waals surface area contributed by atoms with Crippen LogP contribution in [0.3, 0.4) is 0 Å². The summed E-state index contributed by atoms with van der Waals surface area (Å²) in [5.74, 6) is 0.0834. The van der Waals surface area contributed by atoms with Gasteiger partial charge in [-0.25, -0.2) is 4.79 Å². The van der Waals surface area contributed by atoms with E-state index in [4.69, 9.17) is 4.74 Å². The van der Waals surface area contributed by atoms with Gasteiger partial charge in [-0.15, -0.1) is 0 Å². The zero-order valence-electron chi connectivity index (χ0n) is 14.7. The fourth-order valence-corrected chi connectivity index (χ4v) is 4.60. The van der Waals surface area contributed by atoms with Gasteiger partial charge in [0.15, 0.2) is 0 Å². The SMILES string of the molecule is O=C(c1cccc(N2CCOC2=O)c1)N1CCC2(CCCCC2)CC1. The summed E-state index contributed by atoms with van der Waals surface area (Å²) in [5.41, 5.74) is 1.90. The molecule has 0 atom stereocenters. The molecule has 2 saturated heterocycles. The monoisotopic (exact) mass is 342 g/mol. The first kappa shape index (κ1) is 16.4. The molecular weight excluding hydrogens is 316 g/mol. The Morgan fingerprint density at radius 1 is 1.00 bits per heavy atom. The Hall–Kier alpha value is -2.04. The summed E-state index contributed by atoms with van der Waals surface area (Å²) in [5, 5.41) is 0. The first-order valence-corrected chi connectivity index (χ1v) is 9.51. The van der Waals surface area contributed by atoms with Crippen molar-refractivity contribution in [1.29, 1.82) is 0 Å². The maximum Gasteiger partial charge on any atom is 0.414 e. The standard InChI is InChI=1S/C20H26N2O3/c23-18(21-11-9-20(10-12-21)7-2-1-3-8-20)16-5-4-6-17(15-16)22-13-14-25-19(22)24/h4-6,15H,1-3,7-14H2. The summed E-state index contributed by atoms with van der Waals surface area (Å²) >= 11 is 0. The van der Waals surface area contributed by atoms with Gasteiger partial charge in [-0.05, 0) is 49.3 Å². The smallest absolute Gasteiger partial charge is 0.414 e. The summed E-state index contributed by atoms with van der Waals surface area (Å²) in [6.45, 7) is 2.66. The number of hydrogen-bond donors (Lipinski definition) is 0. The highest BCUT2D eigenvalue weighted by Crippen LogP contribution is 2.44. The van der Waals surface area contributed by atoms with Crippen molar-refractivity contribution >= 4 is 17.7 Å². The van der Waals surface area contributed by atoms with E-state index in [1.807, 2.05) is 29.2 Å². The number of cyclic esters (lactones) is 1. The number of hydrogen-bond acceptors (Lipinski definition) is 3. The van der Waals surface area contributed by atoms with Crippen LogP contribution in [0.4, 0.5) is 10.5 Å². The Bertz CT molecular complexity index is 657. The number of anilines is 1. The average molecular weight is 342 g/mol. The second-order valence-electron chi connectivity index (χ2n) is 7.67. The van der Waals surface area contributed by atoms with Crippen LogP contribution in [-0.4, -0.2) is 43.1 Å². The third-order valence-electron chi connectivity index (χ3n) is 6.19. The molecule has 0 N–H and O–H groups in total. The van der Waals surface area contributed by atoms with Crippen LogP contribution in [0.5, 0.6) is 0 Å². The fourth-order valence-electron chi connectivity index (χ4n) is 4.60. The van der Waals surface area contributed by atoms with E-state index in [0.717, 1.165) is 31.6 Å². The van der Waals surface area contributed by atoms with E-state index in [2.05, 4.69) is 0 Å². The second-order valence-corrected chi connectivity index (χ2v) is 7.67. The van der Waals surface area contributed by atoms with E-state index in [9.17, 15) is 9.59 Å². The first-order valence-electron chi connectivity index (χ1n) is 9.51. The summed E-state index contributed by atoms with van der Waals surface area (Å²) < 4.78 is 4.99. The topological polar surface area (TPSA) is 49.9 Å². The Morgan fingerprint density at radius 2 is 1.76 bits per heavy atom. The molecule has 2 aliphatic heterocycles. The van der Waals surface area contributed by atoms with Gasteiger partial charge in [-0.3, -0.25) is 9.69 Å². The molecule has 25 heavy (non-hydrogen) atoms. The molecule has 1 aromatic carbocycles. The molecule has 0 bridgehead atoms. The largest absolute Gasteiger partial charge is 0.447 e. The van der Waals surface area contributed by atoms with Crippen molar-refractivity contribution in [3.05, 3.63) is 29.8 Å². The van der Waals surface area contributed by atoms with Crippen LogP contribution in [0, 0.1) is 5.41 Å². The van der Waals surface area contributed by atoms with E-state index in [1.54, 1.807) is 4.90 Å². The molecule has 2 heterocycles. The van der Waals surface area contributed by atoms with Gasteiger partial charge in [0.1, 0.15) is 6.61 Å². The van der Waals surface area contributed by atoms with E-state index < -0.39 is 0 Å². The molecule has 3 aliphatic rings. The number of benzene rings is 1. The summed E-state index contributed by atoms with van der Waals surface area (Å²) in [7, 11) is 0. The van der Waals surface area contributed by atoms with Crippen molar-refractivity contribution in [3.8, 4) is 0 Å². The van der Waals surface area contributed by atoms with Crippen molar-refractivity contribution in [3.63, 3.8) is 0 Å². The van der Waals surface area contributed by atoms with Crippen LogP contribution in [0.2, 0.25) is 0 Å². The molecule has 1 aromatic rings. The van der Waals surface area contributed by atoms with E-state index >= 15 is 0 Å². The number of likely N-dealkylation sites (tertiary alicyclic amines) is 1. The summed E-state index contributed by atoms with van der Waals surface area (Å²) in [6, 6.07) is 7.37. The molecule has 3 fully saturated rings. The number of rotatable bonds is 2. The molecule has 0 unspecified atom stereocenters. The Labute approximate surface area is 148 Å². The minimum Gasteiger partial charge on any atom is -0.447 e. The molecule has 2 amide bonds. The molecule has 0 aromatic heterocycles. The maximum atomic E-state index is 12.9. The maximum absolute atomic E-state index is 12.9. The Balaban J connectivity index is 1.44. The number of ether oxygens (including phenoxy) is 1. The van der Waals surface area contributed by atoms with E-state index in [0.29, 0.717) is 24.1 Å². The number of piperidine rings is 1. The van der Waals surface area contributed by atoms with Crippen LogP contribution in [0.25, 0.3) is 0 Å². The molecule has 134 valence electrons. The van der Waals surface area contributed by atoms with Crippen LogP contribution in [0.1, 0.15) is 55.3 Å². The molecule has 5 nitrogen and oxygen atoms in total. The van der Waals surface area contributed by atoms with Gasteiger partial charge in [-0.1, -0.05) is 25.3 Å². The highest BCUT2D eigenvalue weighted by molar-refractivity contribution is 5.97. The minimum atomic E-state index is -0.332. The lowest BCUT2D eigenvalue weighted by Gasteiger charge is -2.44. The normalized spacial score (nSPS) is 23.0. The van der Waals surface area contributed by atoms with Gasteiger partial charge in [0.2, 0.25) is 0 Å². The number of carbonyl (C=O) groups is 2. The van der Waals surface area contributed by atoms with Crippen molar-refractivity contribution in [1.82, 2.24) is 4.90 Å². The predicted molar refractivity (Wildman–Crippen MR) is 95.8 cm³/mol. The number of nitrogens with zero attached hydrogens (tertiary/aromatic N) is 2. The summed E-state index contributed by atoms with van der Waals surface area (Å²) in [6.07, 6.45) is 8.68. The van der Waals surface area contributed by atoms with Gasteiger partial charge in [0.05, 0.1) is 6.54 Å². The van der Waals surface area contributed by atoms with Crippen molar-refractivity contribution in [2.24, 2.45) is 5.41 Å². The lowest BCUT2D eigenvalue weighted by atomic mass is 9.68. The van der Waals surface area contributed by atoms with E-state index in [1.165, 1.54) is 32.1 Å². The molecular formula is C20H26N2O3. The van der Waals surface area contributed by atoms with Crippen molar-refractivity contribution in [2.45, 2.75) is 44.9 Å². The van der Waals surface area contributed by atoms with Gasteiger partial charge >= 0.3 is 6.09 Å². The molecule has 5 heteroatoms.